The number of aryl methyl sites for hydroxylation is 1. The summed E-state index contributed by atoms with van der Waals surface area (Å²) >= 11 is 0. The molecule has 0 fully saturated rings. The highest BCUT2D eigenvalue weighted by Crippen LogP contribution is 2.42. The number of carbonyl (C=O) groups excluding carboxylic acids is 1. The third kappa shape index (κ3) is 3.59. The Balaban J connectivity index is 1.76. The molecular weight excluding hydrogens is 334 g/mol. The maximum Gasteiger partial charge on any atom is 0.249 e. The van der Waals surface area contributed by atoms with Gasteiger partial charge in [-0.3, -0.25) is 4.79 Å². The number of rotatable bonds is 5. The molecule has 0 aliphatic heterocycles. The standard InChI is InChI=1S/C24H23NO2/c25-24(26)21-14-7-15-22(27-16-17-8-2-1-3-9-17)23(21)20-13-6-11-18-10-4-5-12-19(18)20/h1-5,7-10,12,14-15,20H,6,11,13,16H2,(H2,25,26). The summed E-state index contributed by atoms with van der Waals surface area (Å²) in [4.78, 5) is 12.2. The summed E-state index contributed by atoms with van der Waals surface area (Å²) in [5.74, 6) is 0.472. The SMILES string of the molecule is NC(=O)c1cccc(OCc2ccccc2)c1C1CCCc2ccccc21. The first-order valence-electron chi connectivity index (χ1n) is 9.41. The van der Waals surface area contributed by atoms with E-state index in [1.807, 2.05) is 48.5 Å². The van der Waals surface area contributed by atoms with Crippen LogP contribution in [0.2, 0.25) is 0 Å². The lowest BCUT2D eigenvalue weighted by molar-refractivity contribution is 0.0998. The lowest BCUT2D eigenvalue weighted by atomic mass is 9.77. The summed E-state index contributed by atoms with van der Waals surface area (Å²) < 4.78 is 6.17. The minimum Gasteiger partial charge on any atom is -0.489 e. The van der Waals surface area contributed by atoms with E-state index in [1.54, 1.807) is 0 Å². The van der Waals surface area contributed by atoms with E-state index in [0.29, 0.717) is 12.2 Å². The van der Waals surface area contributed by atoms with Crippen molar-refractivity contribution in [2.75, 3.05) is 0 Å². The van der Waals surface area contributed by atoms with Gasteiger partial charge in [0.2, 0.25) is 5.91 Å². The Morgan fingerprint density at radius 3 is 2.56 bits per heavy atom. The van der Waals surface area contributed by atoms with E-state index in [0.717, 1.165) is 36.1 Å². The highest BCUT2D eigenvalue weighted by atomic mass is 16.5. The lowest BCUT2D eigenvalue weighted by Crippen LogP contribution is -2.19. The van der Waals surface area contributed by atoms with Gasteiger partial charge in [0.15, 0.2) is 0 Å². The molecule has 0 spiro atoms. The van der Waals surface area contributed by atoms with Gasteiger partial charge in [0, 0.05) is 17.0 Å². The average Bonchev–Trinajstić information content (AvgIpc) is 2.72. The molecule has 1 amide bonds. The number of nitrogens with two attached hydrogens (primary N) is 1. The molecule has 3 nitrogen and oxygen atoms in total. The van der Waals surface area contributed by atoms with Crippen LogP contribution in [0.15, 0.2) is 72.8 Å². The van der Waals surface area contributed by atoms with E-state index in [4.69, 9.17) is 10.5 Å². The Morgan fingerprint density at radius 1 is 0.963 bits per heavy atom. The number of benzene rings is 3. The second-order valence-corrected chi connectivity index (χ2v) is 7.00. The summed E-state index contributed by atoms with van der Waals surface area (Å²) in [6.45, 7) is 0.463. The summed E-state index contributed by atoms with van der Waals surface area (Å²) in [7, 11) is 0. The highest BCUT2D eigenvalue weighted by Gasteiger charge is 2.28. The number of fused-ring (bicyclic) bond motifs is 1. The minimum atomic E-state index is -0.404. The van der Waals surface area contributed by atoms with Crippen molar-refractivity contribution in [2.45, 2.75) is 31.8 Å². The van der Waals surface area contributed by atoms with Gasteiger partial charge in [0.1, 0.15) is 12.4 Å². The monoisotopic (exact) mass is 357 g/mol. The van der Waals surface area contributed by atoms with Crippen molar-refractivity contribution in [3.8, 4) is 5.75 Å². The van der Waals surface area contributed by atoms with Gasteiger partial charge in [-0.1, -0.05) is 60.7 Å². The molecule has 3 aromatic rings. The minimum absolute atomic E-state index is 0.129. The molecule has 0 bridgehead atoms. The fourth-order valence-corrected chi connectivity index (χ4v) is 4.03. The smallest absolute Gasteiger partial charge is 0.249 e. The highest BCUT2D eigenvalue weighted by molar-refractivity contribution is 5.95. The van der Waals surface area contributed by atoms with Gasteiger partial charge < -0.3 is 10.5 Å². The van der Waals surface area contributed by atoms with Gasteiger partial charge >= 0.3 is 0 Å². The molecule has 1 aliphatic rings. The van der Waals surface area contributed by atoms with Gasteiger partial charge in [-0.25, -0.2) is 0 Å². The molecule has 1 aliphatic carbocycles. The molecule has 1 unspecified atom stereocenters. The molecular formula is C24H23NO2. The molecule has 1 atom stereocenters. The Labute approximate surface area is 159 Å². The zero-order valence-corrected chi connectivity index (χ0v) is 15.2. The molecule has 136 valence electrons. The second kappa shape index (κ2) is 7.67. The molecule has 0 radical (unpaired) electrons. The lowest BCUT2D eigenvalue weighted by Gasteiger charge is -2.28. The van der Waals surface area contributed by atoms with Crippen LogP contribution in [0.1, 0.15) is 51.4 Å². The van der Waals surface area contributed by atoms with Crippen LogP contribution in [0.3, 0.4) is 0 Å². The van der Waals surface area contributed by atoms with Gasteiger partial charge in [-0.05, 0) is 48.1 Å². The number of ether oxygens (including phenoxy) is 1. The molecule has 3 aromatic carbocycles. The summed E-state index contributed by atoms with van der Waals surface area (Å²) in [6.07, 6.45) is 3.15. The van der Waals surface area contributed by atoms with Crippen LogP contribution in [0.5, 0.6) is 5.75 Å². The number of hydrogen-bond donors (Lipinski definition) is 1. The third-order valence-electron chi connectivity index (χ3n) is 5.29. The van der Waals surface area contributed by atoms with E-state index < -0.39 is 5.91 Å². The van der Waals surface area contributed by atoms with Crippen molar-refractivity contribution in [1.29, 1.82) is 0 Å². The fraction of sp³-hybridized carbons (Fsp3) is 0.208. The maximum absolute atomic E-state index is 12.2. The molecule has 4 rings (SSSR count). The maximum atomic E-state index is 12.2. The Morgan fingerprint density at radius 2 is 1.74 bits per heavy atom. The van der Waals surface area contributed by atoms with E-state index in [9.17, 15) is 4.79 Å². The summed E-state index contributed by atoms with van der Waals surface area (Å²) in [6, 6.07) is 24.1. The zero-order valence-electron chi connectivity index (χ0n) is 15.2. The Kier molecular flexibility index (Phi) is 4.93. The van der Waals surface area contributed by atoms with Crippen LogP contribution in [-0.4, -0.2) is 5.91 Å². The number of carbonyl (C=O) groups is 1. The largest absolute Gasteiger partial charge is 0.489 e. The van der Waals surface area contributed by atoms with E-state index in [-0.39, 0.29) is 5.92 Å². The first-order chi connectivity index (χ1) is 13.2. The van der Waals surface area contributed by atoms with Gasteiger partial charge in [-0.15, -0.1) is 0 Å². The van der Waals surface area contributed by atoms with Crippen LogP contribution in [0.25, 0.3) is 0 Å². The van der Waals surface area contributed by atoms with Crippen LogP contribution in [0, 0.1) is 0 Å². The summed E-state index contributed by atoms with van der Waals surface area (Å²) in [5, 5.41) is 0. The van der Waals surface area contributed by atoms with Gasteiger partial charge in [0.25, 0.3) is 0 Å². The van der Waals surface area contributed by atoms with Crippen molar-refractivity contribution in [3.05, 3.63) is 101 Å². The zero-order chi connectivity index (χ0) is 18.6. The van der Waals surface area contributed by atoms with Crippen LogP contribution < -0.4 is 10.5 Å². The molecule has 0 saturated carbocycles. The quantitative estimate of drug-likeness (QED) is 0.711. The van der Waals surface area contributed by atoms with Gasteiger partial charge in [-0.2, -0.15) is 0 Å². The first kappa shape index (κ1) is 17.3. The van der Waals surface area contributed by atoms with Crippen molar-refractivity contribution in [2.24, 2.45) is 5.73 Å². The van der Waals surface area contributed by atoms with Crippen molar-refractivity contribution < 1.29 is 9.53 Å². The molecule has 0 saturated heterocycles. The number of primary amides is 1. The molecule has 3 heteroatoms. The molecule has 2 N–H and O–H groups in total. The molecule has 0 aromatic heterocycles. The van der Waals surface area contributed by atoms with Crippen LogP contribution in [0.4, 0.5) is 0 Å². The first-order valence-corrected chi connectivity index (χ1v) is 9.41. The number of hydrogen-bond acceptors (Lipinski definition) is 2. The fourth-order valence-electron chi connectivity index (χ4n) is 4.03. The normalized spacial score (nSPS) is 15.8. The predicted octanol–water partition coefficient (Wildman–Crippen LogP) is 4.83. The average molecular weight is 357 g/mol. The molecule has 27 heavy (non-hydrogen) atoms. The second-order valence-electron chi connectivity index (χ2n) is 7.00. The molecule has 0 heterocycles. The third-order valence-corrected chi connectivity index (χ3v) is 5.29. The van der Waals surface area contributed by atoms with E-state index >= 15 is 0 Å². The van der Waals surface area contributed by atoms with Crippen molar-refractivity contribution >= 4 is 5.91 Å². The van der Waals surface area contributed by atoms with Crippen molar-refractivity contribution in [1.82, 2.24) is 0 Å². The van der Waals surface area contributed by atoms with E-state index in [1.165, 1.54) is 11.1 Å². The van der Waals surface area contributed by atoms with Crippen molar-refractivity contribution in [3.63, 3.8) is 0 Å². The Bertz CT molecular complexity index is 950. The van der Waals surface area contributed by atoms with Crippen LogP contribution in [-0.2, 0) is 13.0 Å². The van der Waals surface area contributed by atoms with E-state index in [2.05, 4.69) is 24.3 Å². The van der Waals surface area contributed by atoms with Gasteiger partial charge in [0.05, 0.1) is 0 Å². The topological polar surface area (TPSA) is 52.3 Å². The summed E-state index contributed by atoms with van der Waals surface area (Å²) in [5.41, 5.74) is 10.9. The number of amides is 1. The predicted molar refractivity (Wildman–Crippen MR) is 107 cm³/mol. The Hall–Kier alpha value is -3.07. The van der Waals surface area contributed by atoms with Crippen LogP contribution >= 0.6 is 0 Å².